The molecule has 2 spiro atoms. The van der Waals surface area contributed by atoms with Crippen LogP contribution in [0.1, 0.15) is 109 Å². The number of esters is 1. The van der Waals surface area contributed by atoms with E-state index in [0.717, 1.165) is 62.7 Å². The van der Waals surface area contributed by atoms with E-state index in [1.165, 1.54) is 6.42 Å². The number of hydrogen-bond acceptors (Lipinski definition) is 6. The number of hydrogen-bond donors (Lipinski definition) is 1. The Hall–Kier alpha value is -2.77. The summed E-state index contributed by atoms with van der Waals surface area (Å²) in [5.74, 6) is 2.29. The van der Waals surface area contributed by atoms with E-state index in [4.69, 9.17) is 9.47 Å². The number of fused-ring (bicyclic) bond motifs is 4. The van der Waals surface area contributed by atoms with Gasteiger partial charge < -0.3 is 19.5 Å². The van der Waals surface area contributed by atoms with Gasteiger partial charge in [-0.05, 0) is 103 Å². The molecule has 6 fully saturated rings. The lowest BCUT2D eigenvalue weighted by Gasteiger charge is -2.63. The Morgan fingerprint density at radius 1 is 1.02 bits per heavy atom. The topological polar surface area (TPSA) is 89.0 Å². The molecule has 0 bridgehead atoms. The molecule has 8 rings (SSSR count). The molecule has 1 aliphatic heterocycles. The molecule has 1 saturated heterocycles. The van der Waals surface area contributed by atoms with Crippen molar-refractivity contribution in [3.8, 4) is 0 Å². The van der Waals surface area contributed by atoms with Gasteiger partial charge >= 0.3 is 5.97 Å². The van der Waals surface area contributed by atoms with Crippen molar-refractivity contribution < 1.29 is 24.2 Å². The molecule has 7 nitrogen and oxygen atoms in total. The quantitative estimate of drug-likeness (QED) is 0.318. The van der Waals surface area contributed by atoms with Crippen molar-refractivity contribution in [3.05, 3.63) is 84.1 Å². The molecule has 1 aromatic carbocycles. The highest BCUT2D eigenvalue weighted by Gasteiger charge is 2.85. The van der Waals surface area contributed by atoms with Crippen LogP contribution in [0.25, 0.3) is 0 Å². The van der Waals surface area contributed by atoms with Crippen molar-refractivity contribution in [2.45, 2.75) is 112 Å². The Balaban J connectivity index is 1.02. The summed E-state index contributed by atoms with van der Waals surface area (Å²) in [7, 11) is 0. The van der Waals surface area contributed by atoms with Gasteiger partial charge in [-0.1, -0.05) is 65.0 Å². The molecule has 5 aliphatic carbocycles. The predicted octanol–water partition coefficient (Wildman–Crippen LogP) is 7.75. The summed E-state index contributed by atoms with van der Waals surface area (Å²) in [6, 6.07) is 13.7. The number of ether oxygens (including phenoxy) is 2. The molecule has 1 amide bonds. The Kier molecular flexibility index (Phi) is 7.74. The van der Waals surface area contributed by atoms with Crippen LogP contribution in [0.5, 0.6) is 0 Å². The van der Waals surface area contributed by atoms with Crippen LogP contribution >= 0.6 is 0 Å². The van der Waals surface area contributed by atoms with Crippen LogP contribution in [0.4, 0.5) is 0 Å². The average Bonchev–Trinajstić information content (AvgIpc) is 3.71. The van der Waals surface area contributed by atoms with Gasteiger partial charge in [0.2, 0.25) is 5.91 Å². The second-order valence-electron chi connectivity index (χ2n) is 17.6. The first-order valence-corrected chi connectivity index (χ1v) is 18.6. The molecule has 261 valence electrons. The van der Waals surface area contributed by atoms with Crippen LogP contribution in [-0.4, -0.2) is 45.6 Å². The molecule has 49 heavy (non-hydrogen) atoms. The van der Waals surface area contributed by atoms with Crippen LogP contribution in [0.3, 0.4) is 0 Å². The van der Waals surface area contributed by atoms with Crippen LogP contribution in [0.2, 0.25) is 0 Å². The van der Waals surface area contributed by atoms with Crippen LogP contribution in [0, 0.1) is 63.0 Å². The normalized spacial score (nSPS) is 41.0. The number of carbonyl (C=O) groups excluding carboxylic acids is 2. The zero-order valence-electron chi connectivity index (χ0n) is 30.1. The molecule has 1 aromatic heterocycles. The summed E-state index contributed by atoms with van der Waals surface area (Å²) in [5.41, 5.74) is 1.32. The predicted molar refractivity (Wildman–Crippen MR) is 186 cm³/mol. The number of aromatic nitrogens is 1. The lowest BCUT2D eigenvalue weighted by molar-refractivity contribution is -0.131. The summed E-state index contributed by atoms with van der Waals surface area (Å²) in [6.45, 7) is 14.4. The van der Waals surface area contributed by atoms with Gasteiger partial charge in [0.1, 0.15) is 18.3 Å². The third-order valence-electron chi connectivity index (χ3n) is 15.2. The van der Waals surface area contributed by atoms with Crippen molar-refractivity contribution in [1.29, 1.82) is 0 Å². The fraction of sp³-hybridized carbons (Fsp3) is 0.619. The molecule has 6 aliphatic rings. The van der Waals surface area contributed by atoms with Crippen LogP contribution in [0.15, 0.2) is 54.9 Å². The number of benzene rings is 1. The molecule has 3 radical (unpaired) electrons. The minimum atomic E-state index is -0.675. The maximum absolute atomic E-state index is 13.1. The fourth-order valence-corrected chi connectivity index (χ4v) is 12.8. The second-order valence-corrected chi connectivity index (χ2v) is 17.6. The molecular weight excluding hydrogens is 612 g/mol. The Morgan fingerprint density at radius 2 is 1.80 bits per heavy atom. The highest BCUT2D eigenvalue weighted by molar-refractivity contribution is 5.89. The summed E-state index contributed by atoms with van der Waals surface area (Å²) in [6.07, 6.45) is 12.4. The standard InChI is InChI=1S/C42H53N2O5/c1-26-21-30(24-44(27(2)45)23-28-11-8-7-9-12-28)48-35-34(26)39(5)18-19-42-25-41(42)17-16-33(49-37(47)29-13-10-20-43-22-29)38(3,4)31(41)14-15-32(42)40(39,6)36(35)46/h7-13,20,22,26,31,33-34,36,46H,14-19,21,23-25H2,1-6H3/t26-,31+,33?,34+,36+,39-,40-,41-,42+/m1/s1. The second kappa shape index (κ2) is 11.4. The van der Waals surface area contributed by atoms with E-state index >= 15 is 0 Å². The molecular formula is C42H53N2O5. The first-order chi connectivity index (χ1) is 23.3. The maximum atomic E-state index is 13.1. The van der Waals surface area contributed by atoms with E-state index in [9.17, 15) is 14.7 Å². The van der Waals surface area contributed by atoms with Crippen molar-refractivity contribution in [2.75, 3.05) is 6.54 Å². The Labute approximate surface area is 292 Å². The fourth-order valence-electron chi connectivity index (χ4n) is 12.8. The summed E-state index contributed by atoms with van der Waals surface area (Å²) >= 11 is 0. The molecule has 2 heterocycles. The third kappa shape index (κ3) is 4.62. The monoisotopic (exact) mass is 665 g/mol. The van der Waals surface area contributed by atoms with E-state index in [0.29, 0.717) is 30.5 Å². The summed E-state index contributed by atoms with van der Waals surface area (Å²) < 4.78 is 13.1. The SMILES string of the molecule is CC(=O)N(C[C]1C[C@@H](C)[C@H]2[C](O1)[C@H](O)[C@@]1(C)[C]3CC[C@H]4C(C)(C)C(OC(=O)c5cccnc5)CC[C@@]45C[C@@]35CC[C@]21C)Cc1ccccc1. The van der Waals surface area contributed by atoms with Crippen molar-refractivity contribution in [2.24, 2.45) is 44.8 Å². The maximum Gasteiger partial charge on any atom is 0.339 e. The number of nitrogens with zero attached hydrogens (tertiary/aromatic N) is 2. The van der Waals surface area contributed by atoms with E-state index in [1.807, 2.05) is 23.1 Å². The highest BCUT2D eigenvalue weighted by atomic mass is 16.5. The Bertz CT molecular complexity index is 1600. The first-order valence-electron chi connectivity index (χ1n) is 18.6. The van der Waals surface area contributed by atoms with Crippen LogP contribution in [-0.2, 0) is 20.8 Å². The smallest absolute Gasteiger partial charge is 0.339 e. The highest BCUT2D eigenvalue weighted by Crippen LogP contribution is 2.90. The van der Waals surface area contributed by atoms with Gasteiger partial charge in [-0.3, -0.25) is 9.78 Å². The van der Waals surface area contributed by atoms with E-state index < -0.39 is 6.10 Å². The zero-order chi connectivity index (χ0) is 34.6. The molecule has 1 N–H and O–H groups in total. The summed E-state index contributed by atoms with van der Waals surface area (Å²) in [4.78, 5) is 31.9. The van der Waals surface area contributed by atoms with Gasteiger partial charge in [-0.15, -0.1) is 0 Å². The van der Waals surface area contributed by atoms with Gasteiger partial charge in [0, 0.05) is 42.6 Å². The minimum Gasteiger partial charge on any atom is -0.458 e. The molecule has 1 unspecified atom stereocenters. The van der Waals surface area contributed by atoms with E-state index in [1.54, 1.807) is 37.4 Å². The number of aliphatic hydroxyl groups excluding tert-OH is 1. The number of pyridine rings is 1. The Morgan fingerprint density at radius 3 is 2.51 bits per heavy atom. The van der Waals surface area contributed by atoms with Gasteiger partial charge in [-0.2, -0.15) is 0 Å². The number of rotatable bonds is 6. The van der Waals surface area contributed by atoms with Gasteiger partial charge in [-0.25, -0.2) is 4.79 Å². The molecule has 9 atom stereocenters. The lowest BCUT2D eigenvalue weighted by atomic mass is 9.41. The van der Waals surface area contributed by atoms with Crippen LogP contribution < -0.4 is 0 Å². The summed E-state index contributed by atoms with van der Waals surface area (Å²) in [5, 5.41) is 12.5. The number of amides is 1. The zero-order valence-corrected chi connectivity index (χ0v) is 30.1. The minimum absolute atomic E-state index is 0.0251. The van der Waals surface area contributed by atoms with Crippen molar-refractivity contribution in [3.63, 3.8) is 0 Å². The van der Waals surface area contributed by atoms with Gasteiger partial charge in [0.05, 0.1) is 18.2 Å². The molecule has 5 saturated carbocycles. The van der Waals surface area contributed by atoms with E-state index in [2.05, 4.69) is 51.7 Å². The molecule has 7 heteroatoms. The third-order valence-corrected chi connectivity index (χ3v) is 15.2. The number of aliphatic hydroxyl groups is 1. The molecule has 2 aromatic rings. The van der Waals surface area contributed by atoms with Gasteiger partial charge in [0.25, 0.3) is 0 Å². The van der Waals surface area contributed by atoms with Crippen molar-refractivity contribution in [1.82, 2.24) is 9.88 Å². The lowest BCUT2D eigenvalue weighted by Crippen LogP contribution is -2.59. The van der Waals surface area contributed by atoms with Crippen molar-refractivity contribution >= 4 is 11.9 Å². The largest absolute Gasteiger partial charge is 0.458 e. The van der Waals surface area contributed by atoms with E-state index in [-0.39, 0.29) is 51.0 Å². The number of carbonyl (C=O) groups is 2. The van der Waals surface area contributed by atoms with Gasteiger partial charge in [0.15, 0.2) is 0 Å². The first kappa shape index (κ1) is 33.4. The average molecular weight is 666 g/mol.